The van der Waals surface area contributed by atoms with Gasteiger partial charge in [-0.05, 0) is 5.56 Å². The predicted molar refractivity (Wildman–Crippen MR) is 48.3 cm³/mol. The van der Waals surface area contributed by atoms with Crippen LogP contribution in [0.2, 0.25) is 0 Å². The maximum absolute atomic E-state index is 13.1. The average Bonchev–Trinajstić information content (AvgIpc) is 2.27. The standard InChI is InChI=1S/C10H11F3O2/c11-7(9(15)10(12)13)8(14)6-4-2-1-3-5-6/h1-5,7-10,14-15H. The molecule has 2 nitrogen and oxygen atoms in total. The highest BCUT2D eigenvalue weighted by Gasteiger charge is 2.33. The van der Waals surface area contributed by atoms with Gasteiger partial charge in [0.1, 0.15) is 12.2 Å². The highest BCUT2D eigenvalue weighted by molar-refractivity contribution is 5.18. The fourth-order valence-electron chi connectivity index (χ4n) is 1.16. The summed E-state index contributed by atoms with van der Waals surface area (Å²) in [5.74, 6) is 0. The minimum Gasteiger partial charge on any atom is -0.385 e. The van der Waals surface area contributed by atoms with Gasteiger partial charge < -0.3 is 10.2 Å². The highest BCUT2D eigenvalue weighted by Crippen LogP contribution is 2.23. The first kappa shape index (κ1) is 12.0. The van der Waals surface area contributed by atoms with Gasteiger partial charge in [0.25, 0.3) is 6.43 Å². The van der Waals surface area contributed by atoms with Crippen LogP contribution in [0.25, 0.3) is 0 Å². The Morgan fingerprint density at radius 2 is 1.47 bits per heavy atom. The Morgan fingerprint density at radius 1 is 0.933 bits per heavy atom. The Morgan fingerprint density at radius 3 is 1.93 bits per heavy atom. The molecule has 0 bridgehead atoms. The van der Waals surface area contributed by atoms with Crippen LogP contribution in [-0.4, -0.2) is 28.9 Å². The van der Waals surface area contributed by atoms with E-state index in [0.29, 0.717) is 0 Å². The minimum absolute atomic E-state index is 0.157. The lowest BCUT2D eigenvalue weighted by Gasteiger charge is -2.20. The van der Waals surface area contributed by atoms with Crippen molar-refractivity contribution in [3.8, 4) is 0 Å². The molecule has 0 aliphatic rings. The highest BCUT2D eigenvalue weighted by atomic mass is 19.3. The molecule has 84 valence electrons. The smallest absolute Gasteiger partial charge is 0.267 e. The van der Waals surface area contributed by atoms with Gasteiger partial charge in [0.15, 0.2) is 6.17 Å². The van der Waals surface area contributed by atoms with Crippen LogP contribution in [0.3, 0.4) is 0 Å². The van der Waals surface area contributed by atoms with Crippen molar-refractivity contribution in [3.05, 3.63) is 35.9 Å². The molecule has 1 aromatic carbocycles. The first-order valence-electron chi connectivity index (χ1n) is 4.37. The van der Waals surface area contributed by atoms with Crippen LogP contribution in [0.4, 0.5) is 13.2 Å². The number of rotatable bonds is 4. The van der Waals surface area contributed by atoms with Crippen LogP contribution in [0.1, 0.15) is 11.7 Å². The fraction of sp³-hybridized carbons (Fsp3) is 0.400. The number of halogens is 3. The number of aliphatic hydroxyl groups is 2. The summed E-state index contributed by atoms with van der Waals surface area (Å²) in [7, 11) is 0. The molecule has 0 spiro atoms. The van der Waals surface area contributed by atoms with E-state index in [9.17, 15) is 18.3 Å². The molecule has 5 heteroatoms. The zero-order valence-corrected chi connectivity index (χ0v) is 7.72. The molecule has 15 heavy (non-hydrogen) atoms. The zero-order chi connectivity index (χ0) is 11.4. The maximum atomic E-state index is 13.1. The lowest BCUT2D eigenvalue weighted by atomic mass is 10.0. The first-order chi connectivity index (χ1) is 7.04. The number of hydrogen-bond acceptors (Lipinski definition) is 2. The van der Waals surface area contributed by atoms with E-state index >= 15 is 0 Å². The number of alkyl halides is 3. The molecule has 0 radical (unpaired) electrons. The number of aliphatic hydroxyl groups excluding tert-OH is 2. The summed E-state index contributed by atoms with van der Waals surface area (Å²) in [6.07, 6.45) is -9.82. The van der Waals surface area contributed by atoms with Crippen molar-refractivity contribution in [2.45, 2.75) is 24.8 Å². The van der Waals surface area contributed by atoms with E-state index in [-0.39, 0.29) is 5.56 Å². The molecule has 1 rings (SSSR count). The van der Waals surface area contributed by atoms with Gasteiger partial charge in [-0.3, -0.25) is 0 Å². The lowest BCUT2D eigenvalue weighted by Crippen LogP contribution is -2.34. The molecule has 0 fully saturated rings. The third kappa shape index (κ3) is 2.94. The summed E-state index contributed by atoms with van der Waals surface area (Å²) >= 11 is 0. The van der Waals surface area contributed by atoms with Crippen LogP contribution in [0.5, 0.6) is 0 Å². The van der Waals surface area contributed by atoms with Crippen molar-refractivity contribution < 1.29 is 23.4 Å². The fourth-order valence-corrected chi connectivity index (χ4v) is 1.16. The molecular weight excluding hydrogens is 209 g/mol. The van der Waals surface area contributed by atoms with Gasteiger partial charge in [-0.2, -0.15) is 0 Å². The van der Waals surface area contributed by atoms with Gasteiger partial charge in [-0.15, -0.1) is 0 Å². The predicted octanol–water partition coefficient (Wildman–Crippen LogP) is 1.68. The van der Waals surface area contributed by atoms with Crippen LogP contribution >= 0.6 is 0 Å². The summed E-state index contributed by atoms with van der Waals surface area (Å²) in [6, 6.07) is 7.53. The van der Waals surface area contributed by atoms with Gasteiger partial charge in [0.2, 0.25) is 0 Å². The van der Waals surface area contributed by atoms with Gasteiger partial charge in [-0.25, -0.2) is 13.2 Å². The zero-order valence-electron chi connectivity index (χ0n) is 7.72. The average molecular weight is 220 g/mol. The summed E-state index contributed by atoms with van der Waals surface area (Å²) in [6.45, 7) is 0. The molecule has 3 atom stereocenters. The van der Waals surface area contributed by atoms with Crippen LogP contribution < -0.4 is 0 Å². The van der Waals surface area contributed by atoms with E-state index in [4.69, 9.17) is 5.11 Å². The molecule has 0 amide bonds. The second kappa shape index (κ2) is 5.14. The molecule has 0 heterocycles. The second-order valence-electron chi connectivity index (χ2n) is 3.12. The molecular formula is C10H11F3O2. The molecule has 0 aliphatic heterocycles. The summed E-state index contributed by atoms with van der Waals surface area (Å²) in [4.78, 5) is 0. The van der Waals surface area contributed by atoms with E-state index in [1.54, 1.807) is 18.2 Å². The Balaban J connectivity index is 2.73. The van der Waals surface area contributed by atoms with Crippen molar-refractivity contribution in [3.63, 3.8) is 0 Å². The lowest BCUT2D eigenvalue weighted by molar-refractivity contribution is -0.0857. The molecule has 2 N–H and O–H groups in total. The number of benzene rings is 1. The molecule has 0 aromatic heterocycles. The Kier molecular flexibility index (Phi) is 4.11. The van der Waals surface area contributed by atoms with E-state index in [2.05, 4.69) is 0 Å². The van der Waals surface area contributed by atoms with E-state index in [1.807, 2.05) is 0 Å². The molecule has 3 unspecified atom stereocenters. The van der Waals surface area contributed by atoms with Crippen LogP contribution in [0, 0.1) is 0 Å². The van der Waals surface area contributed by atoms with Crippen molar-refractivity contribution in [2.75, 3.05) is 0 Å². The monoisotopic (exact) mass is 220 g/mol. The van der Waals surface area contributed by atoms with E-state index in [0.717, 1.165) is 0 Å². The molecule has 1 aromatic rings. The second-order valence-corrected chi connectivity index (χ2v) is 3.12. The van der Waals surface area contributed by atoms with Crippen LogP contribution in [-0.2, 0) is 0 Å². The van der Waals surface area contributed by atoms with Gasteiger partial charge in [0.05, 0.1) is 0 Å². The Bertz CT molecular complexity index is 292. The third-order valence-corrected chi connectivity index (χ3v) is 2.03. The molecule has 0 aliphatic carbocycles. The SMILES string of the molecule is OC(c1ccccc1)C(F)C(O)C(F)F. The maximum Gasteiger partial charge on any atom is 0.267 e. The van der Waals surface area contributed by atoms with Gasteiger partial charge in [0, 0.05) is 0 Å². The summed E-state index contributed by atoms with van der Waals surface area (Å²) in [5, 5.41) is 18.1. The third-order valence-electron chi connectivity index (χ3n) is 2.03. The number of hydrogen-bond donors (Lipinski definition) is 2. The van der Waals surface area contributed by atoms with Crippen molar-refractivity contribution >= 4 is 0 Å². The quantitative estimate of drug-likeness (QED) is 0.810. The van der Waals surface area contributed by atoms with Crippen molar-refractivity contribution in [1.82, 2.24) is 0 Å². The summed E-state index contributed by atoms with van der Waals surface area (Å²) in [5.41, 5.74) is 0.157. The Labute approximate surface area is 85.0 Å². The van der Waals surface area contributed by atoms with Gasteiger partial charge in [-0.1, -0.05) is 30.3 Å². The van der Waals surface area contributed by atoms with Crippen LogP contribution in [0.15, 0.2) is 30.3 Å². The van der Waals surface area contributed by atoms with Crippen molar-refractivity contribution in [2.24, 2.45) is 0 Å². The van der Waals surface area contributed by atoms with Gasteiger partial charge >= 0.3 is 0 Å². The van der Waals surface area contributed by atoms with E-state index in [1.165, 1.54) is 12.1 Å². The topological polar surface area (TPSA) is 40.5 Å². The van der Waals surface area contributed by atoms with E-state index < -0.39 is 24.8 Å². The first-order valence-corrected chi connectivity index (χ1v) is 4.37. The minimum atomic E-state index is -3.21. The van der Waals surface area contributed by atoms with Crippen molar-refractivity contribution in [1.29, 1.82) is 0 Å². The normalized spacial score (nSPS) is 17.5. The largest absolute Gasteiger partial charge is 0.385 e. The molecule has 0 saturated heterocycles. The summed E-state index contributed by atoms with van der Waals surface area (Å²) < 4.78 is 37.1. The Hall–Kier alpha value is -1.07. The molecule has 0 saturated carbocycles.